The molecule has 1 aromatic heterocycles. The average molecular weight is 411 g/mol. The van der Waals surface area contributed by atoms with E-state index in [0.717, 1.165) is 0 Å². The van der Waals surface area contributed by atoms with Crippen LogP contribution in [0.5, 0.6) is 0 Å². The molecule has 8 nitrogen and oxygen atoms in total. The van der Waals surface area contributed by atoms with E-state index in [9.17, 15) is 13.2 Å². The minimum atomic E-state index is -3.58. The number of nitrogens with one attached hydrogen (secondary N) is 3. The number of carbonyl (C=O) groups is 1. The summed E-state index contributed by atoms with van der Waals surface area (Å²) in [4.78, 5) is 20.9. The van der Waals surface area contributed by atoms with Crippen molar-refractivity contribution in [3.63, 3.8) is 0 Å². The zero-order valence-corrected chi connectivity index (χ0v) is 16.8. The van der Waals surface area contributed by atoms with E-state index in [-0.39, 0.29) is 16.8 Å². The lowest BCUT2D eigenvalue weighted by Gasteiger charge is -2.11. The van der Waals surface area contributed by atoms with Crippen molar-refractivity contribution < 1.29 is 13.2 Å². The van der Waals surface area contributed by atoms with E-state index in [0.29, 0.717) is 22.9 Å². The minimum absolute atomic E-state index is 0.137. The summed E-state index contributed by atoms with van der Waals surface area (Å²) < 4.78 is 26.9. The van der Waals surface area contributed by atoms with Gasteiger partial charge in [-0.25, -0.2) is 23.1 Å². The van der Waals surface area contributed by atoms with Crippen LogP contribution in [0.15, 0.2) is 71.9 Å². The van der Waals surface area contributed by atoms with Crippen LogP contribution in [0.1, 0.15) is 24.2 Å². The first kappa shape index (κ1) is 20.4. The van der Waals surface area contributed by atoms with Gasteiger partial charge < -0.3 is 10.6 Å². The molecule has 0 aliphatic rings. The highest BCUT2D eigenvalue weighted by atomic mass is 32.2. The van der Waals surface area contributed by atoms with Gasteiger partial charge in [0.25, 0.3) is 5.91 Å². The van der Waals surface area contributed by atoms with Crippen LogP contribution in [-0.2, 0) is 10.0 Å². The number of amides is 1. The van der Waals surface area contributed by atoms with Gasteiger partial charge in [0, 0.05) is 35.4 Å². The van der Waals surface area contributed by atoms with E-state index in [1.165, 1.54) is 12.1 Å². The molecule has 150 valence electrons. The highest BCUT2D eigenvalue weighted by Crippen LogP contribution is 2.18. The lowest BCUT2D eigenvalue weighted by molar-refractivity contribution is 0.102. The van der Waals surface area contributed by atoms with Crippen molar-refractivity contribution in [3.8, 4) is 0 Å². The maximum absolute atomic E-state index is 12.5. The Hall–Kier alpha value is -3.30. The van der Waals surface area contributed by atoms with E-state index in [1.54, 1.807) is 68.7 Å². The SMILES string of the molecule is CC(C)NS(=O)(=O)c1ccc(NC(=O)c2cccc(Nc3ncccn3)c2)cc1. The molecule has 29 heavy (non-hydrogen) atoms. The van der Waals surface area contributed by atoms with E-state index < -0.39 is 10.0 Å². The number of nitrogens with zero attached hydrogens (tertiary/aromatic N) is 2. The lowest BCUT2D eigenvalue weighted by atomic mass is 10.2. The molecule has 0 bridgehead atoms. The normalized spacial score (nSPS) is 11.3. The largest absolute Gasteiger partial charge is 0.324 e. The Morgan fingerprint density at radius 1 is 0.931 bits per heavy atom. The molecular formula is C20H21N5O3S. The van der Waals surface area contributed by atoms with Gasteiger partial charge in [-0.15, -0.1) is 0 Å². The van der Waals surface area contributed by atoms with E-state index in [4.69, 9.17) is 0 Å². The van der Waals surface area contributed by atoms with Crippen molar-refractivity contribution in [1.82, 2.24) is 14.7 Å². The lowest BCUT2D eigenvalue weighted by Crippen LogP contribution is -2.30. The number of carbonyl (C=O) groups excluding carboxylic acids is 1. The Labute approximate surface area is 169 Å². The first-order valence-corrected chi connectivity index (χ1v) is 10.4. The van der Waals surface area contributed by atoms with Crippen molar-refractivity contribution in [1.29, 1.82) is 0 Å². The Balaban J connectivity index is 1.70. The Morgan fingerprint density at radius 3 is 2.28 bits per heavy atom. The highest BCUT2D eigenvalue weighted by molar-refractivity contribution is 7.89. The van der Waals surface area contributed by atoms with Crippen LogP contribution in [0, 0.1) is 0 Å². The summed E-state index contributed by atoms with van der Waals surface area (Å²) >= 11 is 0. The van der Waals surface area contributed by atoms with Crippen molar-refractivity contribution >= 4 is 33.3 Å². The summed E-state index contributed by atoms with van der Waals surface area (Å²) in [6, 6.07) is 14.4. The summed E-state index contributed by atoms with van der Waals surface area (Å²) in [6.07, 6.45) is 3.24. The molecule has 0 unspecified atom stereocenters. The first-order valence-electron chi connectivity index (χ1n) is 8.91. The molecule has 0 atom stereocenters. The van der Waals surface area contributed by atoms with Gasteiger partial charge in [0.15, 0.2) is 0 Å². The third kappa shape index (κ3) is 5.59. The highest BCUT2D eigenvalue weighted by Gasteiger charge is 2.15. The molecule has 3 rings (SSSR count). The molecule has 0 saturated heterocycles. The summed E-state index contributed by atoms with van der Waals surface area (Å²) in [5.74, 6) is 0.107. The maximum Gasteiger partial charge on any atom is 0.255 e. The van der Waals surface area contributed by atoms with Crippen LogP contribution in [-0.4, -0.2) is 30.3 Å². The first-order chi connectivity index (χ1) is 13.8. The number of anilines is 3. The number of hydrogen-bond donors (Lipinski definition) is 3. The van der Waals surface area contributed by atoms with Crippen LogP contribution < -0.4 is 15.4 Å². The molecule has 3 aromatic rings. The van der Waals surface area contributed by atoms with Crippen LogP contribution in [0.2, 0.25) is 0 Å². The molecule has 0 saturated carbocycles. The topological polar surface area (TPSA) is 113 Å². The molecule has 0 fully saturated rings. The minimum Gasteiger partial charge on any atom is -0.324 e. The average Bonchev–Trinajstić information content (AvgIpc) is 2.68. The standard InChI is InChI=1S/C20H21N5O3S/c1-14(2)25-29(27,28)18-9-7-16(8-10-18)23-19(26)15-5-3-6-17(13-15)24-20-21-11-4-12-22-20/h3-14,25H,1-2H3,(H,23,26)(H,21,22,24). The molecule has 0 aliphatic heterocycles. The van der Waals surface area contributed by atoms with Gasteiger partial charge in [-0.2, -0.15) is 0 Å². The monoisotopic (exact) mass is 411 g/mol. The third-order valence-electron chi connectivity index (χ3n) is 3.76. The molecule has 0 spiro atoms. The summed E-state index contributed by atoms with van der Waals surface area (Å²) in [6.45, 7) is 3.50. The molecule has 2 aromatic carbocycles. The smallest absolute Gasteiger partial charge is 0.255 e. The predicted octanol–water partition coefficient (Wildman–Crippen LogP) is 3.16. The number of sulfonamides is 1. The van der Waals surface area contributed by atoms with E-state index >= 15 is 0 Å². The van der Waals surface area contributed by atoms with Gasteiger partial charge >= 0.3 is 0 Å². The second-order valence-corrected chi connectivity index (χ2v) is 8.25. The van der Waals surface area contributed by atoms with Crippen LogP contribution >= 0.6 is 0 Å². The molecule has 1 amide bonds. The van der Waals surface area contributed by atoms with Gasteiger partial charge in [-0.3, -0.25) is 4.79 Å². The fraction of sp³-hybridized carbons (Fsp3) is 0.150. The van der Waals surface area contributed by atoms with Crippen LogP contribution in [0.4, 0.5) is 17.3 Å². The number of benzene rings is 2. The molecule has 0 radical (unpaired) electrons. The van der Waals surface area contributed by atoms with Gasteiger partial charge in [-0.05, 0) is 62.4 Å². The Kier molecular flexibility index (Phi) is 6.20. The fourth-order valence-electron chi connectivity index (χ4n) is 2.53. The second-order valence-electron chi connectivity index (χ2n) is 6.53. The van der Waals surface area contributed by atoms with Crippen LogP contribution in [0.25, 0.3) is 0 Å². The molecule has 0 aliphatic carbocycles. The van der Waals surface area contributed by atoms with Crippen molar-refractivity contribution in [2.24, 2.45) is 0 Å². The third-order valence-corrected chi connectivity index (χ3v) is 5.43. The molecule has 3 N–H and O–H groups in total. The van der Waals surface area contributed by atoms with Crippen molar-refractivity contribution in [2.75, 3.05) is 10.6 Å². The quantitative estimate of drug-likeness (QED) is 0.550. The van der Waals surface area contributed by atoms with Gasteiger partial charge in [-0.1, -0.05) is 6.07 Å². The summed E-state index contributed by atoms with van der Waals surface area (Å²) in [7, 11) is -3.58. The molecule has 1 heterocycles. The van der Waals surface area contributed by atoms with E-state index in [2.05, 4.69) is 25.3 Å². The van der Waals surface area contributed by atoms with Gasteiger partial charge in [0.05, 0.1) is 4.90 Å². The zero-order chi connectivity index (χ0) is 20.9. The number of rotatable bonds is 7. The molecule has 9 heteroatoms. The summed E-state index contributed by atoms with van der Waals surface area (Å²) in [5, 5.41) is 5.78. The number of hydrogen-bond acceptors (Lipinski definition) is 6. The van der Waals surface area contributed by atoms with Crippen molar-refractivity contribution in [3.05, 3.63) is 72.6 Å². The number of aromatic nitrogens is 2. The zero-order valence-electron chi connectivity index (χ0n) is 16.0. The second kappa shape index (κ2) is 8.80. The van der Waals surface area contributed by atoms with Gasteiger partial charge in [0.2, 0.25) is 16.0 Å². The summed E-state index contributed by atoms with van der Waals surface area (Å²) in [5.41, 5.74) is 1.59. The Bertz CT molecular complexity index is 1080. The van der Waals surface area contributed by atoms with Crippen LogP contribution in [0.3, 0.4) is 0 Å². The maximum atomic E-state index is 12.5. The van der Waals surface area contributed by atoms with E-state index in [1.807, 2.05) is 0 Å². The predicted molar refractivity (Wildman–Crippen MR) is 112 cm³/mol. The van der Waals surface area contributed by atoms with Gasteiger partial charge in [0.1, 0.15) is 0 Å². The molecular weight excluding hydrogens is 390 g/mol. The Morgan fingerprint density at radius 2 is 1.62 bits per heavy atom. The van der Waals surface area contributed by atoms with Crippen molar-refractivity contribution in [2.45, 2.75) is 24.8 Å². The fourth-order valence-corrected chi connectivity index (χ4v) is 3.78.